The van der Waals surface area contributed by atoms with Crippen LogP contribution in [0.2, 0.25) is 0 Å². The second-order valence-electron chi connectivity index (χ2n) is 8.40. The Labute approximate surface area is 201 Å². The number of hydrogen-bond donors (Lipinski definition) is 1. The summed E-state index contributed by atoms with van der Waals surface area (Å²) in [5.41, 5.74) is 8.37. The van der Waals surface area contributed by atoms with Crippen molar-refractivity contribution in [2.24, 2.45) is 0 Å². The largest absolute Gasteiger partial charge is 0.457 e. The van der Waals surface area contributed by atoms with Crippen LogP contribution in [0.1, 0.15) is 25.8 Å². The maximum absolute atomic E-state index is 13.4. The second kappa shape index (κ2) is 9.06. The topological polar surface area (TPSA) is 99.2 Å². The number of nitrogens with zero attached hydrogens (tertiary/aromatic N) is 5. The van der Waals surface area contributed by atoms with Gasteiger partial charge >= 0.3 is 0 Å². The third-order valence-electron chi connectivity index (χ3n) is 6.21. The second-order valence-corrected chi connectivity index (χ2v) is 8.40. The molecule has 0 spiro atoms. The summed E-state index contributed by atoms with van der Waals surface area (Å²) in [5.74, 6) is 6.01. The number of fused-ring (bicyclic) bond motifs is 1. The van der Waals surface area contributed by atoms with Crippen LogP contribution in [0.15, 0.2) is 54.9 Å². The highest BCUT2D eigenvalue weighted by molar-refractivity contribution is 5.98. The van der Waals surface area contributed by atoms with Gasteiger partial charge in [0.25, 0.3) is 5.91 Å². The number of amides is 1. The molecular weight excluding hydrogens is 447 g/mol. The van der Waals surface area contributed by atoms with E-state index in [1.165, 1.54) is 18.5 Å². The third-order valence-corrected chi connectivity index (χ3v) is 6.21. The molecule has 2 aromatic carbocycles. The van der Waals surface area contributed by atoms with Crippen molar-refractivity contribution in [1.82, 2.24) is 24.6 Å². The van der Waals surface area contributed by atoms with E-state index in [0.717, 1.165) is 18.4 Å². The van der Waals surface area contributed by atoms with Gasteiger partial charge in [-0.15, -0.1) is 0 Å². The molecule has 2 N–H and O–H groups in total. The summed E-state index contributed by atoms with van der Waals surface area (Å²) in [6.45, 7) is 1.65. The number of ether oxygens (including phenoxy) is 1. The highest BCUT2D eigenvalue weighted by atomic mass is 19.1. The number of rotatable bonds is 5. The zero-order valence-corrected chi connectivity index (χ0v) is 19.3. The van der Waals surface area contributed by atoms with Gasteiger partial charge in [0.15, 0.2) is 5.65 Å². The number of anilines is 1. The van der Waals surface area contributed by atoms with Crippen molar-refractivity contribution in [2.45, 2.75) is 31.8 Å². The molecule has 1 fully saturated rings. The predicted octanol–water partition coefficient (Wildman–Crippen LogP) is 4.19. The molecule has 0 unspecified atom stereocenters. The fourth-order valence-corrected chi connectivity index (χ4v) is 4.24. The van der Waals surface area contributed by atoms with E-state index >= 15 is 0 Å². The molecule has 2 aromatic heterocycles. The normalized spacial score (nSPS) is 16.8. The Balaban J connectivity index is 1.41. The lowest BCUT2D eigenvalue weighted by Gasteiger charge is -2.40. The summed E-state index contributed by atoms with van der Waals surface area (Å²) in [5, 5.41) is 5.53. The van der Waals surface area contributed by atoms with Gasteiger partial charge in [0.2, 0.25) is 0 Å². The molecule has 0 bridgehead atoms. The summed E-state index contributed by atoms with van der Waals surface area (Å²) < 4.78 is 21.1. The molecule has 5 rings (SSSR count). The maximum Gasteiger partial charge on any atom is 0.298 e. The first-order valence-electron chi connectivity index (χ1n) is 11.2. The number of halogens is 1. The molecule has 0 saturated heterocycles. The van der Waals surface area contributed by atoms with Crippen molar-refractivity contribution in [2.75, 3.05) is 12.8 Å². The monoisotopic (exact) mass is 470 g/mol. The first kappa shape index (κ1) is 22.3. The van der Waals surface area contributed by atoms with Crippen LogP contribution in [-0.2, 0) is 4.79 Å². The van der Waals surface area contributed by atoms with Crippen LogP contribution in [-0.4, -0.2) is 43.6 Å². The number of benzene rings is 2. The Morgan fingerprint density at radius 3 is 2.66 bits per heavy atom. The zero-order chi connectivity index (χ0) is 24.5. The molecule has 9 heteroatoms. The van der Waals surface area contributed by atoms with E-state index < -0.39 is 0 Å². The lowest BCUT2D eigenvalue weighted by molar-refractivity contribution is -0.128. The number of nitrogens with two attached hydrogens (primary N) is 1. The molecular formula is C26H23FN6O2. The molecule has 1 amide bonds. The van der Waals surface area contributed by atoms with Crippen LogP contribution in [0.25, 0.3) is 22.3 Å². The summed E-state index contributed by atoms with van der Waals surface area (Å²) in [4.78, 5) is 22.4. The third kappa shape index (κ3) is 4.26. The van der Waals surface area contributed by atoms with Gasteiger partial charge in [-0.05, 0) is 62.1 Å². The lowest BCUT2D eigenvalue weighted by Crippen LogP contribution is -2.46. The highest BCUT2D eigenvalue weighted by Gasteiger charge is 2.37. The quantitative estimate of drug-likeness (QED) is 0.439. The average molecular weight is 471 g/mol. The maximum atomic E-state index is 13.4. The molecule has 176 valence electrons. The summed E-state index contributed by atoms with van der Waals surface area (Å²) in [6.07, 6.45) is 2.92. The molecule has 2 heterocycles. The predicted molar refractivity (Wildman–Crippen MR) is 130 cm³/mol. The molecule has 8 nitrogen and oxygen atoms in total. The fourth-order valence-electron chi connectivity index (χ4n) is 4.24. The minimum Gasteiger partial charge on any atom is -0.457 e. The van der Waals surface area contributed by atoms with Crippen LogP contribution >= 0.6 is 0 Å². The van der Waals surface area contributed by atoms with Crippen LogP contribution in [0.5, 0.6) is 11.5 Å². The molecule has 0 atom stereocenters. The van der Waals surface area contributed by atoms with Crippen molar-refractivity contribution < 1.29 is 13.9 Å². The summed E-state index contributed by atoms with van der Waals surface area (Å²) in [6, 6.07) is 13.5. The van der Waals surface area contributed by atoms with Crippen molar-refractivity contribution in [3.8, 4) is 34.6 Å². The van der Waals surface area contributed by atoms with E-state index in [4.69, 9.17) is 15.6 Å². The molecule has 0 aliphatic heterocycles. The van der Waals surface area contributed by atoms with Gasteiger partial charge in [-0.2, -0.15) is 5.10 Å². The molecule has 1 aliphatic rings. The van der Waals surface area contributed by atoms with E-state index in [9.17, 15) is 9.18 Å². The Kier molecular flexibility index (Phi) is 5.79. The smallest absolute Gasteiger partial charge is 0.298 e. The van der Waals surface area contributed by atoms with Gasteiger partial charge in [-0.3, -0.25) is 4.79 Å². The van der Waals surface area contributed by atoms with Gasteiger partial charge in [0.05, 0.1) is 11.4 Å². The average Bonchev–Trinajstić information content (AvgIpc) is 3.19. The Morgan fingerprint density at radius 2 is 1.94 bits per heavy atom. The van der Waals surface area contributed by atoms with Gasteiger partial charge in [-0.25, -0.2) is 19.0 Å². The van der Waals surface area contributed by atoms with Gasteiger partial charge in [0, 0.05) is 24.7 Å². The standard InChI is InChI=1S/C26H23FN6O2/c1-3-5-22(34)32(2)18-13-19(14-18)33-26-23(25(28)29-15-30-26)24(31-33)16-8-10-20(11-9-16)35-21-7-4-6-17(27)12-21/h4,6-12,15,18-19H,13-14H2,1-2H3,(H2,28,29,30)/t18-,19+. The van der Waals surface area contributed by atoms with E-state index in [1.54, 1.807) is 43.1 Å². The SMILES string of the molecule is CC#CC(=O)N(C)[C@H]1C[C@@H](n2nc(-c3ccc(Oc4cccc(F)c4)cc3)c3c(N)ncnc32)C1. The van der Waals surface area contributed by atoms with Crippen LogP contribution in [0, 0.1) is 17.7 Å². The number of nitrogen functional groups attached to an aromatic ring is 1. The molecule has 0 radical (unpaired) electrons. The van der Waals surface area contributed by atoms with Crippen molar-refractivity contribution in [1.29, 1.82) is 0 Å². The van der Waals surface area contributed by atoms with E-state index in [0.29, 0.717) is 34.0 Å². The molecule has 1 aliphatic carbocycles. The molecule has 35 heavy (non-hydrogen) atoms. The first-order valence-corrected chi connectivity index (χ1v) is 11.2. The van der Waals surface area contributed by atoms with Gasteiger partial charge in [-0.1, -0.05) is 12.0 Å². The van der Waals surface area contributed by atoms with Gasteiger partial charge in [0.1, 0.15) is 35.2 Å². The Hall–Kier alpha value is -4.45. The number of carbonyl (C=O) groups excluding carboxylic acids is 1. The van der Waals surface area contributed by atoms with Gasteiger partial charge < -0.3 is 15.4 Å². The minimum atomic E-state index is -0.362. The molecule has 1 saturated carbocycles. The number of carbonyl (C=O) groups is 1. The summed E-state index contributed by atoms with van der Waals surface area (Å²) >= 11 is 0. The van der Waals surface area contributed by atoms with Crippen molar-refractivity contribution in [3.63, 3.8) is 0 Å². The Bertz CT molecular complexity index is 1460. The van der Waals surface area contributed by atoms with E-state index in [-0.39, 0.29) is 23.8 Å². The van der Waals surface area contributed by atoms with Crippen molar-refractivity contribution >= 4 is 22.8 Å². The minimum absolute atomic E-state index is 0.0750. The number of hydrogen-bond acceptors (Lipinski definition) is 6. The lowest BCUT2D eigenvalue weighted by atomic mass is 9.85. The van der Waals surface area contributed by atoms with Crippen LogP contribution < -0.4 is 10.5 Å². The van der Waals surface area contributed by atoms with Crippen LogP contribution in [0.4, 0.5) is 10.2 Å². The fraction of sp³-hybridized carbons (Fsp3) is 0.231. The Morgan fingerprint density at radius 1 is 1.17 bits per heavy atom. The first-order chi connectivity index (χ1) is 16.9. The van der Waals surface area contributed by atoms with Crippen molar-refractivity contribution in [3.05, 3.63) is 60.7 Å². The van der Waals surface area contributed by atoms with E-state index in [2.05, 4.69) is 21.8 Å². The number of aromatic nitrogens is 4. The molecule has 4 aromatic rings. The van der Waals surface area contributed by atoms with Crippen LogP contribution in [0.3, 0.4) is 0 Å². The highest BCUT2D eigenvalue weighted by Crippen LogP contribution is 2.40. The summed E-state index contributed by atoms with van der Waals surface area (Å²) in [7, 11) is 1.77. The zero-order valence-electron chi connectivity index (χ0n) is 19.3. The van der Waals surface area contributed by atoms with E-state index in [1.807, 2.05) is 16.8 Å².